The molecule has 0 unspecified atom stereocenters. The van der Waals surface area contributed by atoms with Crippen LogP contribution in [0.25, 0.3) is 0 Å². The van der Waals surface area contributed by atoms with Crippen molar-refractivity contribution >= 4 is 17.7 Å². The number of hydrogen-bond acceptors (Lipinski definition) is 4. The monoisotopic (exact) mass is 396 g/mol. The fourth-order valence-corrected chi connectivity index (χ4v) is 3.87. The van der Waals surface area contributed by atoms with Crippen LogP contribution in [0.2, 0.25) is 0 Å². The maximum absolute atomic E-state index is 12.5. The van der Waals surface area contributed by atoms with Gasteiger partial charge >= 0.3 is 12.1 Å². The Balaban J connectivity index is 1.68. The van der Waals surface area contributed by atoms with Gasteiger partial charge in [-0.15, -0.1) is 0 Å². The molecule has 6 heteroatoms. The van der Waals surface area contributed by atoms with E-state index in [9.17, 15) is 14.7 Å². The van der Waals surface area contributed by atoms with Crippen LogP contribution in [0.5, 0.6) is 0 Å². The molecule has 154 valence electrons. The molecule has 1 fully saturated rings. The summed E-state index contributed by atoms with van der Waals surface area (Å²) in [7, 11) is 0. The van der Waals surface area contributed by atoms with E-state index in [1.807, 2.05) is 54.6 Å². The molecule has 1 aliphatic heterocycles. The first-order chi connectivity index (χ1) is 14.0. The Morgan fingerprint density at radius 3 is 2.28 bits per heavy atom. The molecule has 29 heavy (non-hydrogen) atoms. The van der Waals surface area contributed by atoms with Gasteiger partial charge in [0, 0.05) is 37.8 Å². The van der Waals surface area contributed by atoms with Crippen molar-refractivity contribution in [2.45, 2.75) is 26.4 Å². The number of hydrogen-bond donors (Lipinski definition) is 1. The van der Waals surface area contributed by atoms with E-state index in [2.05, 4.69) is 18.7 Å². The molecule has 2 aromatic rings. The van der Waals surface area contributed by atoms with Gasteiger partial charge in [-0.05, 0) is 37.1 Å². The SMILES string of the molecule is CCN(CC)c1ccc([C@@H]2CN(C(=O)OCc3ccccc3)C[C@H]2C(=O)O)cc1. The number of carboxylic acid groups (broad SMARTS) is 1. The minimum atomic E-state index is -0.888. The third-order valence-electron chi connectivity index (χ3n) is 5.55. The smallest absolute Gasteiger partial charge is 0.410 e. The van der Waals surface area contributed by atoms with E-state index in [0.29, 0.717) is 6.54 Å². The average molecular weight is 396 g/mol. The second-order valence-corrected chi connectivity index (χ2v) is 7.26. The first-order valence-electron chi connectivity index (χ1n) is 10.1. The first kappa shape index (κ1) is 20.7. The summed E-state index contributed by atoms with van der Waals surface area (Å²) in [5.74, 6) is -1.78. The second-order valence-electron chi connectivity index (χ2n) is 7.26. The third-order valence-corrected chi connectivity index (χ3v) is 5.55. The van der Waals surface area contributed by atoms with Gasteiger partial charge in [0.15, 0.2) is 0 Å². The Hall–Kier alpha value is -3.02. The minimum Gasteiger partial charge on any atom is -0.481 e. The van der Waals surface area contributed by atoms with Crippen LogP contribution in [0.1, 0.15) is 30.9 Å². The van der Waals surface area contributed by atoms with Gasteiger partial charge in [-0.1, -0.05) is 42.5 Å². The standard InChI is InChI=1S/C23H28N2O4/c1-3-24(4-2)19-12-10-18(11-13-19)20-14-25(15-21(20)22(26)27)23(28)29-16-17-8-6-5-7-9-17/h5-13,20-21H,3-4,14-16H2,1-2H3,(H,26,27)/t20-,21+/m0/s1. The number of ether oxygens (including phenoxy) is 1. The zero-order valence-electron chi connectivity index (χ0n) is 17.0. The van der Waals surface area contributed by atoms with Gasteiger partial charge in [-0.3, -0.25) is 4.79 Å². The number of carboxylic acids is 1. The van der Waals surface area contributed by atoms with E-state index >= 15 is 0 Å². The molecule has 1 amide bonds. The van der Waals surface area contributed by atoms with Gasteiger partial charge < -0.3 is 19.6 Å². The van der Waals surface area contributed by atoms with Crippen LogP contribution in [0.3, 0.4) is 0 Å². The van der Waals surface area contributed by atoms with Gasteiger partial charge in [0.1, 0.15) is 6.61 Å². The lowest BCUT2D eigenvalue weighted by Crippen LogP contribution is -2.30. The summed E-state index contributed by atoms with van der Waals surface area (Å²) < 4.78 is 5.39. The molecule has 2 atom stereocenters. The molecular weight excluding hydrogens is 368 g/mol. The summed E-state index contributed by atoms with van der Waals surface area (Å²) in [6.45, 7) is 6.72. The number of carbonyl (C=O) groups is 2. The summed E-state index contributed by atoms with van der Waals surface area (Å²) in [5.41, 5.74) is 2.95. The van der Waals surface area contributed by atoms with E-state index in [1.54, 1.807) is 0 Å². The van der Waals surface area contributed by atoms with E-state index in [0.717, 1.165) is 29.9 Å². The van der Waals surface area contributed by atoms with Crippen LogP contribution >= 0.6 is 0 Å². The predicted molar refractivity (Wildman–Crippen MR) is 112 cm³/mol. The number of carbonyl (C=O) groups excluding carboxylic acids is 1. The highest BCUT2D eigenvalue weighted by molar-refractivity contribution is 5.75. The molecule has 1 aliphatic rings. The van der Waals surface area contributed by atoms with Crippen molar-refractivity contribution < 1.29 is 19.4 Å². The number of rotatable bonds is 7. The van der Waals surface area contributed by atoms with Gasteiger partial charge in [-0.25, -0.2) is 4.79 Å². The van der Waals surface area contributed by atoms with Crippen LogP contribution in [0, 0.1) is 5.92 Å². The van der Waals surface area contributed by atoms with Crippen molar-refractivity contribution in [2.75, 3.05) is 31.1 Å². The molecule has 0 aliphatic carbocycles. The first-order valence-corrected chi connectivity index (χ1v) is 10.1. The van der Waals surface area contributed by atoms with Crippen LogP contribution in [-0.4, -0.2) is 48.2 Å². The molecule has 1 N–H and O–H groups in total. The summed E-state index contributed by atoms with van der Waals surface area (Å²) >= 11 is 0. The van der Waals surface area contributed by atoms with E-state index in [1.165, 1.54) is 4.90 Å². The van der Waals surface area contributed by atoms with Crippen molar-refractivity contribution in [1.82, 2.24) is 4.90 Å². The lowest BCUT2D eigenvalue weighted by atomic mass is 9.89. The van der Waals surface area contributed by atoms with Crippen molar-refractivity contribution in [2.24, 2.45) is 5.92 Å². The molecular formula is C23H28N2O4. The Bertz CT molecular complexity index is 819. The molecule has 6 nitrogen and oxygen atoms in total. The minimum absolute atomic E-state index is 0.158. The maximum atomic E-state index is 12.5. The second kappa shape index (κ2) is 9.45. The Morgan fingerprint density at radius 1 is 1.03 bits per heavy atom. The third kappa shape index (κ3) is 4.88. The Morgan fingerprint density at radius 2 is 1.69 bits per heavy atom. The largest absolute Gasteiger partial charge is 0.481 e. The van der Waals surface area contributed by atoms with Crippen LogP contribution in [0.15, 0.2) is 54.6 Å². The molecule has 0 saturated carbocycles. The summed E-state index contributed by atoms with van der Waals surface area (Å²) in [6.07, 6.45) is -0.470. The van der Waals surface area contributed by atoms with E-state index in [4.69, 9.17) is 4.74 Å². The summed E-state index contributed by atoms with van der Waals surface area (Å²) in [6, 6.07) is 17.5. The Kier molecular flexibility index (Phi) is 6.75. The topological polar surface area (TPSA) is 70.1 Å². The van der Waals surface area contributed by atoms with Crippen LogP contribution in [0.4, 0.5) is 10.5 Å². The summed E-state index contributed by atoms with van der Waals surface area (Å²) in [4.78, 5) is 28.0. The number of nitrogens with zero attached hydrogens (tertiary/aromatic N) is 2. The zero-order chi connectivity index (χ0) is 20.8. The van der Waals surface area contributed by atoms with Gasteiger partial charge in [-0.2, -0.15) is 0 Å². The van der Waals surface area contributed by atoms with Crippen LogP contribution < -0.4 is 4.90 Å². The van der Waals surface area contributed by atoms with Crippen molar-refractivity contribution in [3.8, 4) is 0 Å². The predicted octanol–water partition coefficient (Wildman–Crippen LogP) is 3.97. The van der Waals surface area contributed by atoms with E-state index < -0.39 is 18.0 Å². The lowest BCUT2D eigenvalue weighted by Gasteiger charge is -2.22. The van der Waals surface area contributed by atoms with Crippen molar-refractivity contribution in [3.05, 3.63) is 65.7 Å². The summed E-state index contributed by atoms with van der Waals surface area (Å²) in [5, 5.41) is 9.68. The highest BCUT2D eigenvalue weighted by Gasteiger charge is 2.41. The number of benzene rings is 2. The number of amides is 1. The molecule has 2 aromatic carbocycles. The molecule has 1 heterocycles. The highest BCUT2D eigenvalue weighted by Crippen LogP contribution is 2.34. The van der Waals surface area contributed by atoms with Gasteiger partial charge in [0.05, 0.1) is 5.92 Å². The molecule has 3 rings (SSSR count). The molecule has 0 bridgehead atoms. The van der Waals surface area contributed by atoms with Gasteiger partial charge in [0.25, 0.3) is 0 Å². The fourth-order valence-electron chi connectivity index (χ4n) is 3.87. The molecule has 0 radical (unpaired) electrons. The number of aliphatic carboxylic acids is 1. The zero-order valence-corrected chi connectivity index (χ0v) is 17.0. The molecule has 0 spiro atoms. The fraction of sp³-hybridized carbons (Fsp3) is 0.391. The van der Waals surface area contributed by atoms with E-state index in [-0.39, 0.29) is 19.1 Å². The van der Waals surface area contributed by atoms with Crippen LogP contribution in [-0.2, 0) is 16.1 Å². The lowest BCUT2D eigenvalue weighted by molar-refractivity contribution is -0.141. The van der Waals surface area contributed by atoms with Crippen molar-refractivity contribution in [3.63, 3.8) is 0 Å². The Labute approximate surface area is 171 Å². The quantitative estimate of drug-likeness (QED) is 0.767. The number of likely N-dealkylation sites (tertiary alicyclic amines) is 1. The number of anilines is 1. The maximum Gasteiger partial charge on any atom is 0.410 e. The molecule has 0 aromatic heterocycles. The highest BCUT2D eigenvalue weighted by atomic mass is 16.6. The average Bonchev–Trinajstić information content (AvgIpc) is 3.20. The normalized spacial score (nSPS) is 18.5. The molecule has 1 saturated heterocycles. The van der Waals surface area contributed by atoms with Gasteiger partial charge in [0.2, 0.25) is 0 Å². The van der Waals surface area contributed by atoms with Crippen molar-refractivity contribution in [1.29, 1.82) is 0 Å².